The van der Waals surface area contributed by atoms with Gasteiger partial charge >= 0.3 is 5.97 Å². The molecule has 0 unspecified atom stereocenters. The van der Waals surface area contributed by atoms with Gasteiger partial charge < -0.3 is 14.6 Å². The zero-order valence-electron chi connectivity index (χ0n) is 15.9. The molecule has 162 valence electrons. The Morgan fingerprint density at radius 3 is 2.71 bits per heavy atom. The average Bonchev–Trinajstić information content (AvgIpc) is 2.95. The number of ether oxygens (including phenoxy) is 2. The van der Waals surface area contributed by atoms with Gasteiger partial charge in [-0.25, -0.2) is 0 Å². The Morgan fingerprint density at radius 2 is 2.06 bits per heavy atom. The smallest absolute Gasteiger partial charge is 0.323 e. The van der Waals surface area contributed by atoms with E-state index in [2.05, 4.69) is 15.9 Å². The van der Waals surface area contributed by atoms with Gasteiger partial charge in [-0.05, 0) is 51.8 Å². The number of hydrogen-bond acceptors (Lipinski definition) is 6. The van der Waals surface area contributed by atoms with Gasteiger partial charge in [0.1, 0.15) is 17.5 Å². The first-order valence-electron chi connectivity index (χ1n) is 8.61. The third-order valence-electron chi connectivity index (χ3n) is 4.10. The maximum Gasteiger partial charge on any atom is 0.323 e. The van der Waals surface area contributed by atoms with E-state index in [-0.39, 0.29) is 10.9 Å². The molecule has 1 aliphatic rings. The number of amides is 1. The third kappa shape index (κ3) is 5.72. The minimum absolute atomic E-state index is 0.193. The summed E-state index contributed by atoms with van der Waals surface area (Å²) < 4.78 is 12.1. The summed E-state index contributed by atoms with van der Waals surface area (Å²) >= 11 is 21.8. The summed E-state index contributed by atoms with van der Waals surface area (Å²) in [5.41, 5.74) is 1.41. The summed E-state index contributed by atoms with van der Waals surface area (Å²) in [7, 11) is 1.50. The summed E-state index contributed by atoms with van der Waals surface area (Å²) in [6.45, 7) is -0.285. The zero-order valence-corrected chi connectivity index (χ0v) is 20.6. The highest BCUT2D eigenvalue weighted by molar-refractivity contribution is 9.10. The van der Waals surface area contributed by atoms with E-state index < -0.39 is 18.4 Å². The highest BCUT2D eigenvalue weighted by atomic mass is 79.9. The van der Waals surface area contributed by atoms with Crippen molar-refractivity contribution in [1.82, 2.24) is 4.90 Å². The highest BCUT2D eigenvalue weighted by Gasteiger charge is 2.33. The predicted molar refractivity (Wildman–Crippen MR) is 129 cm³/mol. The molecule has 0 atom stereocenters. The fraction of sp³-hybridized carbons (Fsp3) is 0.150. The molecule has 0 bridgehead atoms. The second-order valence-corrected chi connectivity index (χ2v) is 9.59. The van der Waals surface area contributed by atoms with Crippen molar-refractivity contribution < 1.29 is 24.2 Å². The van der Waals surface area contributed by atoms with E-state index in [0.29, 0.717) is 36.5 Å². The van der Waals surface area contributed by atoms with Crippen LogP contribution in [0.25, 0.3) is 6.08 Å². The Kier molecular flexibility index (Phi) is 7.87. The van der Waals surface area contributed by atoms with E-state index in [1.165, 1.54) is 7.11 Å². The molecule has 1 saturated heterocycles. The Hall–Kier alpha value is -1.78. The number of carboxylic acid groups (broad SMARTS) is 1. The minimum Gasteiger partial charge on any atom is -0.493 e. The van der Waals surface area contributed by atoms with Gasteiger partial charge in [0.25, 0.3) is 5.91 Å². The van der Waals surface area contributed by atoms with E-state index >= 15 is 0 Å². The van der Waals surface area contributed by atoms with Crippen LogP contribution >= 0.6 is 63.1 Å². The molecule has 31 heavy (non-hydrogen) atoms. The number of benzene rings is 2. The first kappa shape index (κ1) is 23.9. The van der Waals surface area contributed by atoms with Gasteiger partial charge in [-0.15, -0.1) is 0 Å². The van der Waals surface area contributed by atoms with Crippen LogP contribution in [-0.4, -0.2) is 39.9 Å². The SMILES string of the molecule is COc1cc(/C=C2\SC(=S)N(CC(=O)O)C2=O)cc(Br)c1OCc1ccc(Cl)cc1Cl. The molecule has 0 aliphatic carbocycles. The van der Waals surface area contributed by atoms with Crippen molar-refractivity contribution in [2.24, 2.45) is 0 Å². The van der Waals surface area contributed by atoms with Crippen LogP contribution in [0.2, 0.25) is 10.0 Å². The van der Waals surface area contributed by atoms with Crippen molar-refractivity contribution in [2.45, 2.75) is 6.61 Å². The second kappa shape index (κ2) is 10.2. The van der Waals surface area contributed by atoms with Gasteiger partial charge in [0.05, 0.1) is 16.5 Å². The molecule has 1 heterocycles. The van der Waals surface area contributed by atoms with Crippen molar-refractivity contribution in [2.75, 3.05) is 13.7 Å². The molecular formula is C20H14BrCl2NO5S2. The van der Waals surface area contributed by atoms with Gasteiger partial charge in [-0.2, -0.15) is 0 Å². The van der Waals surface area contributed by atoms with Crippen molar-refractivity contribution >= 4 is 85.4 Å². The van der Waals surface area contributed by atoms with Gasteiger partial charge in [-0.1, -0.05) is 53.2 Å². The van der Waals surface area contributed by atoms with E-state index in [1.54, 1.807) is 36.4 Å². The number of aliphatic carboxylic acids is 1. The van der Waals surface area contributed by atoms with Crippen LogP contribution in [0.5, 0.6) is 11.5 Å². The number of carbonyl (C=O) groups is 2. The lowest BCUT2D eigenvalue weighted by atomic mass is 10.1. The van der Waals surface area contributed by atoms with Crippen molar-refractivity contribution in [3.8, 4) is 11.5 Å². The normalized spacial score (nSPS) is 15.0. The van der Waals surface area contributed by atoms with E-state index in [9.17, 15) is 9.59 Å². The molecule has 2 aromatic rings. The molecule has 1 amide bonds. The van der Waals surface area contributed by atoms with Crippen LogP contribution in [0.1, 0.15) is 11.1 Å². The number of methoxy groups -OCH3 is 1. The standard InChI is InChI=1S/C20H14BrCl2NO5S2/c1-28-15-5-10(6-16-19(27)24(8-17(25)26)20(30)31-16)4-13(21)18(15)29-9-11-2-3-12(22)7-14(11)23/h2-7H,8-9H2,1H3,(H,25,26)/b16-6-. The van der Waals surface area contributed by atoms with Gasteiger partial charge in [0.2, 0.25) is 0 Å². The van der Waals surface area contributed by atoms with Crippen molar-refractivity contribution in [3.05, 3.63) is 60.9 Å². The number of hydrogen-bond donors (Lipinski definition) is 1. The number of thiocarbonyl (C=S) groups is 1. The molecule has 0 radical (unpaired) electrons. The molecular weight excluding hydrogens is 549 g/mol. The number of carbonyl (C=O) groups excluding carboxylic acids is 1. The number of halogens is 3. The summed E-state index contributed by atoms with van der Waals surface area (Å²) in [5.74, 6) is -0.690. The monoisotopic (exact) mass is 561 g/mol. The number of nitrogens with zero attached hydrogens (tertiary/aromatic N) is 1. The van der Waals surface area contributed by atoms with Crippen molar-refractivity contribution in [1.29, 1.82) is 0 Å². The molecule has 0 spiro atoms. The third-order valence-corrected chi connectivity index (χ3v) is 6.66. The summed E-state index contributed by atoms with van der Waals surface area (Å²) in [6.07, 6.45) is 1.62. The molecule has 2 aromatic carbocycles. The molecule has 1 fully saturated rings. The van der Waals surface area contributed by atoms with Crippen molar-refractivity contribution in [3.63, 3.8) is 0 Å². The lowest BCUT2D eigenvalue weighted by molar-refractivity contribution is -0.140. The quantitative estimate of drug-likeness (QED) is 0.346. The van der Waals surface area contributed by atoms with Crippen LogP contribution < -0.4 is 9.47 Å². The first-order valence-corrected chi connectivity index (χ1v) is 11.4. The van der Waals surface area contributed by atoms with Crippen LogP contribution in [0.4, 0.5) is 0 Å². The van der Waals surface area contributed by atoms with Gasteiger partial charge in [0.15, 0.2) is 11.5 Å². The van der Waals surface area contributed by atoms with Crippen LogP contribution in [-0.2, 0) is 16.2 Å². The summed E-state index contributed by atoms with van der Waals surface area (Å²) in [5, 5.41) is 9.97. The molecule has 3 rings (SSSR count). The molecule has 1 aliphatic heterocycles. The van der Waals surface area contributed by atoms with Crippen LogP contribution in [0.3, 0.4) is 0 Å². The molecule has 0 saturated carbocycles. The largest absolute Gasteiger partial charge is 0.493 e. The molecule has 11 heteroatoms. The Labute approximate surface area is 206 Å². The summed E-state index contributed by atoms with van der Waals surface area (Å²) in [4.78, 5) is 24.8. The lowest BCUT2D eigenvalue weighted by Gasteiger charge is -2.14. The van der Waals surface area contributed by atoms with E-state index in [0.717, 1.165) is 22.2 Å². The van der Waals surface area contributed by atoms with Gasteiger partial charge in [0, 0.05) is 15.6 Å². The Morgan fingerprint density at radius 1 is 1.32 bits per heavy atom. The maximum absolute atomic E-state index is 12.5. The second-order valence-electron chi connectivity index (χ2n) is 6.22. The Bertz CT molecular complexity index is 1110. The number of carboxylic acids is 1. The zero-order chi connectivity index (χ0) is 22.7. The topological polar surface area (TPSA) is 76.1 Å². The van der Waals surface area contributed by atoms with E-state index in [4.69, 9.17) is 50.0 Å². The molecule has 0 aromatic heterocycles. The predicted octanol–water partition coefficient (Wildman–Crippen LogP) is 5.63. The fourth-order valence-corrected chi connectivity index (χ4v) is 4.97. The van der Waals surface area contributed by atoms with Gasteiger partial charge in [-0.3, -0.25) is 14.5 Å². The van der Waals surface area contributed by atoms with Crippen LogP contribution in [0.15, 0.2) is 39.7 Å². The maximum atomic E-state index is 12.5. The Balaban J connectivity index is 1.84. The number of thioether (sulfide) groups is 1. The number of rotatable bonds is 7. The van der Waals surface area contributed by atoms with E-state index in [1.807, 2.05) is 0 Å². The molecule has 6 nitrogen and oxygen atoms in total. The molecule has 1 N–H and O–H groups in total. The van der Waals surface area contributed by atoms with Crippen LogP contribution in [0, 0.1) is 0 Å². The highest BCUT2D eigenvalue weighted by Crippen LogP contribution is 2.39. The first-order chi connectivity index (χ1) is 14.7. The summed E-state index contributed by atoms with van der Waals surface area (Å²) in [6, 6.07) is 8.59. The lowest BCUT2D eigenvalue weighted by Crippen LogP contribution is -2.33. The fourth-order valence-electron chi connectivity index (χ4n) is 2.67. The average molecular weight is 563 g/mol. The minimum atomic E-state index is -1.13.